The van der Waals surface area contributed by atoms with Crippen LogP contribution in [0.15, 0.2) is 24.8 Å². The van der Waals surface area contributed by atoms with Gasteiger partial charge < -0.3 is 5.11 Å². The molecule has 0 unspecified atom stereocenters. The number of nitrogens with zero attached hydrogens (tertiary/aromatic N) is 1. The third-order valence-electron chi connectivity index (χ3n) is 1.75. The van der Waals surface area contributed by atoms with Crippen LogP contribution in [0.1, 0.15) is 5.56 Å². The van der Waals surface area contributed by atoms with Gasteiger partial charge in [-0.05, 0) is 11.6 Å². The second kappa shape index (κ2) is 4.10. The van der Waals surface area contributed by atoms with Crippen molar-refractivity contribution >= 4 is 28.8 Å². The number of halogens is 1. The summed E-state index contributed by atoms with van der Waals surface area (Å²) >= 11 is 5.56. The number of nitro groups is 1. The molecule has 1 aromatic rings. The molecule has 6 heteroatoms. The topological polar surface area (TPSA) is 80.4 Å². The summed E-state index contributed by atoms with van der Waals surface area (Å²) in [4.78, 5) is 20.4. The van der Waals surface area contributed by atoms with Crippen LogP contribution in [0.5, 0.6) is 0 Å². The molecule has 0 amide bonds. The SMILES string of the molecule is C=C(C(=O)O)c1ccc(Cl)c([N+](=O)[O-])c1. The summed E-state index contributed by atoms with van der Waals surface area (Å²) in [6.45, 7) is 3.29. The van der Waals surface area contributed by atoms with Gasteiger partial charge in [-0.15, -0.1) is 0 Å². The molecule has 15 heavy (non-hydrogen) atoms. The first-order valence-corrected chi connectivity index (χ1v) is 4.18. The Kier molecular flexibility index (Phi) is 3.06. The maximum Gasteiger partial charge on any atom is 0.335 e. The number of nitro benzene ring substituents is 1. The van der Waals surface area contributed by atoms with E-state index in [9.17, 15) is 14.9 Å². The second-order valence-corrected chi connectivity index (χ2v) is 3.11. The van der Waals surface area contributed by atoms with E-state index in [2.05, 4.69) is 6.58 Å². The molecule has 0 saturated heterocycles. The molecule has 0 heterocycles. The highest BCUT2D eigenvalue weighted by Gasteiger charge is 2.16. The van der Waals surface area contributed by atoms with Gasteiger partial charge >= 0.3 is 5.97 Å². The summed E-state index contributed by atoms with van der Waals surface area (Å²) in [5.41, 5.74) is -0.384. The van der Waals surface area contributed by atoms with Crippen LogP contribution in [-0.4, -0.2) is 16.0 Å². The first-order valence-electron chi connectivity index (χ1n) is 3.80. The Morgan fingerprint density at radius 1 is 1.53 bits per heavy atom. The van der Waals surface area contributed by atoms with Crippen molar-refractivity contribution in [3.63, 3.8) is 0 Å². The average Bonchev–Trinajstić information content (AvgIpc) is 2.16. The molecule has 0 saturated carbocycles. The molecule has 0 spiro atoms. The molecule has 1 N–H and O–H groups in total. The summed E-state index contributed by atoms with van der Waals surface area (Å²) in [6.07, 6.45) is 0. The van der Waals surface area contributed by atoms with E-state index in [1.54, 1.807) is 0 Å². The van der Waals surface area contributed by atoms with Crippen LogP contribution < -0.4 is 0 Å². The van der Waals surface area contributed by atoms with Crippen molar-refractivity contribution in [2.75, 3.05) is 0 Å². The molecule has 0 bridgehead atoms. The Labute approximate surface area is 89.7 Å². The van der Waals surface area contributed by atoms with Gasteiger partial charge in [-0.25, -0.2) is 4.79 Å². The minimum absolute atomic E-state index is 0.0399. The van der Waals surface area contributed by atoms with Crippen LogP contribution in [-0.2, 0) is 4.79 Å². The standard InChI is InChI=1S/C9H6ClNO4/c1-5(9(12)13)6-2-3-7(10)8(4-6)11(14)15/h2-4H,1H2,(H,12,13). The number of aliphatic carboxylic acids is 1. The minimum Gasteiger partial charge on any atom is -0.478 e. The largest absolute Gasteiger partial charge is 0.478 e. The third kappa shape index (κ3) is 2.32. The Balaban J connectivity index is 3.25. The zero-order valence-electron chi connectivity index (χ0n) is 7.44. The zero-order valence-corrected chi connectivity index (χ0v) is 8.19. The fourth-order valence-electron chi connectivity index (χ4n) is 0.964. The summed E-state index contributed by atoms with van der Waals surface area (Å²) in [6, 6.07) is 3.72. The predicted molar refractivity (Wildman–Crippen MR) is 54.8 cm³/mol. The van der Waals surface area contributed by atoms with E-state index in [1.807, 2.05) is 0 Å². The van der Waals surface area contributed by atoms with Crippen molar-refractivity contribution in [3.05, 3.63) is 45.5 Å². The maximum atomic E-state index is 10.6. The van der Waals surface area contributed by atoms with Gasteiger partial charge in [0.05, 0.1) is 10.5 Å². The zero-order chi connectivity index (χ0) is 11.6. The Morgan fingerprint density at radius 2 is 2.13 bits per heavy atom. The van der Waals surface area contributed by atoms with Gasteiger partial charge in [-0.2, -0.15) is 0 Å². The number of carbonyl (C=O) groups is 1. The second-order valence-electron chi connectivity index (χ2n) is 2.71. The first kappa shape index (κ1) is 11.2. The van der Waals surface area contributed by atoms with E-state index in [0.29, 0.717) is 0 Å². The highest BCUT2D eigenvalue weighted by Crippen LogP contribution is 2.27. The molecular formula is C9H6ClNO4. The Hall–Kier alpha value is -1.88. The van der Waals surface area contributed by atoms with Gasteiger partial charge in [0.2, 0.25) is 0 Å². The van der Waals surface area contributed by atoms with Crippen molar-refractivity contribution in [2.45, 2.75) is 0 Å². The molecule has 1 rings (SSSR count). The molecule has 78 valence electrons. The summed E-state index contributed by atoms with van der Waals surface area (Å²) in [5, 5.41) is 19.1. The van der Waals surface area contributed by atoms with Crippen LogP contribution in [0.3, 0.4) is 0 Å². The number of rotatable bonds is 3. The van der Waals surface area contributed by atoms with E-state index < -0.39 is 10.9 Å². The Bertz CT molecular complexity index is 455. The summed E-state index contributed by atoms with van der Waals surface area (Å²) in [5.74, 6) is -1.23. The number of carboxylic acids is 1. The van der Waals surface area contributed by atoms with Gasteiger partial charge in [-0.1, -0.05) is 24.2 Å². The summed E-state index contributed by atoms with van der Waals surface area (Å²) < 4.78 is 0. The fourth-order valence-corrected chi connectivity index (χ4v) is 1.15. The van der Waals surface area contributed by atoms with Crippen molar-refractivity contribution in [1.29, 1.82) is 0 Å². The smallest absolute Gasteiger partial charge is 0.335 e. The van der Waals surface area contributed by atoms with Gasteiger partial charge in [0, 0.05) is 6.07 Å². The molecular weight excluding hydrogens is 222 g/mol. The van der Waals surface area contributed by atoms with Crippen molar-refractivity contribution in [1.82, 2.24) is 0 Å². The van der Waals surface area contributed by atoms with Crippen LogP contribution in [0.25, 0.3) is 5.57 Å². The average molecular weight is 228 g/mol. The van der Waals surface area contributed by atoms with Gasteiger partial charge in [0.25, 0.3) is 5.69 Å². The number of hydrogen-bond donors (Lipinski definition) is 1. The van der Waals surface area contributed by atoms with E-state index in [0.717, 1.165) is 6.07 Å². The Morgan fingerprint density at radius 3 is 2.60 bits per heavy atom. The van der Waals surface area contributed by atoms with Gasteiger partial charge in [0.1, 0.15) is 5.02 Å². The summed E-state index contributed by atoms with van der Waals surface area (Å²) in [7, 11) is 0. The third-order valence-corrected chi connectivity index (χ3v) is 2.07. The number of benzene rings is 1. The van der Waals surface area contributed by atoms with E-state index >= 15 is 0 Å². The lowest BCUT2D eigenvalue weighted by Crippen LogP contribution is -1.99. The van der Waals surface area contributed by atoms with Crippen LogP contribution >= 0.6 is 11.6 Å². The highest BCUT2D eigenvalue weighted by atomic mass is 35.5. The molecule has 0 fully saturated rings. The van der Waals surface area contributed by atoms with Crippen LogP contribution in [0, 0.1) is 10.1 Å². The fraction of sp³-hybridized carbons (Fsp3) is 0. The van der Waals surface area contributed by atoms with Crippen molar-refractivity contribution in [3.8, 4) is 0 Å². The van der Waals surface area contributed by atoms with E-state index in [-0.39, 0.29) is 21.8 Å². The van der Waals surface area contributed by atoms with Crippen molar-refractivity contribution < 1.29 is 14.8 Å². The monoisotopic (exact) mass is 227 g/mol. The lowest BCUT2D eigenvalue weighted by Gasteiger charge is -2.01. The maximum absolute atomic E-state index is 10.6. The van der Waals surface area contributed by atoms with Crippen LogP contribution in [0.4, 0.5) is 5.69 Å². The lowest BCUT2D eigenvalue weighted by atomic mass is 10.1. The molecule has 0 aromatic heterocycles. The normalized spacial score (nSPS) is 9.67. The molecule has 0 radical (unpaired) electrons. The molecule has 0 aliphatic heterocycles. The lowest BCUT2D eigenvalue weighted by molar-refractivity contribution is -0.384. The first-order chi connectivity index (χ1) is 6.93. The van der Waals surface area contributed by atoms with E-state index in [1.165, 1.54) is 12.1 Å². The molecule has 0 atom stereocenters. The molecule has 0 aliphatic carbocycles. The van der Waals surface area contributed by atoms with Gasteiger partial charge in [-0.3, -0.25) is 10.1 Å². The predicted octanol–water partition coefficient (Wildman–Crippen LogP) is 2.35. The van der Waals surface area contributed by atoms with Crippen LogP contribution in [0.2, 0.25) is 5.02 Å². The van der Waals surface area contributed by atoms with Crippen molar-refractivity contribution in [2.24, 2.45) is 0 Å². The van der Waals surface area contributed by atoms with Gasteiger partial charge in [0.15, 0.2) is 0 Å². The molecule has 0 aliphatic rings. The number of carboxylic acid groups (broad SMARTS) is 1. The quantitative estimate of drug-likeness (QED) is 0.488. The highest BCUT2D eigenvalue weighted by molar-refractivity contribution is 6.32. The minimum atomic E-state index is -1.23. The molecule has 1 aromatic carbocycles. The van der Waals surface area contributed by atoms with E-state index in [4.69, 9.17) is 16.7 Å². The molecule has 5 nitrogen and oxygen atoms in total. The number of hydrogen-bond acceptors (Lipinski definition) is 3.